The van der Waals surface area contributed by atoms with Crippen molar-refractivity contribution in [1.82, 2.24) is 5.32 Å². The van der Waals surface area contributed by atoms with Crippen molar-refractivity contribution in [3.8, 4) is 0 Å². The molecule has 0 saturated heterocycles. The number of carboxylic acid groups (broad SMARTS) is 1. The van der Waals surface area contributed by atoms with Gasteiger partial charge in [0.1, 0.15) is 0 Å². The second-order valence-corrected chi connectivity index (χ2v) is 5.42. The van der Waals surface area contributed by atoms with Gasteiger partial charge in [-0.3, -0.25) is 0 Å². The van der Waals surface area contributed by atoms with Gasteiger partial charge in [0.05, 0.1) is 0 Å². The Bertz CT molecular complexity index is 397. The summed E-state index contributed by atoms with van der Waals surface area (Å²) in [4.78, 5) is 11.1. The molecule has 0 aromatic heterocycles. The van der Waals surface area contributed by atoms with Crippen LogP contribution in [0.3, 0.4) is 0 Å². The topological polar surface area (TPSA) is 52.2 Å². The molecule has 3 nitrogen and oxygen atoms in total. The summed E-state index contributed by atoms with van der Waals surface area (Å²) in [6.07, 6.45) is 4.96. The number of rotatable bonds is 6. The van der Waals surface area contributed by atoms with Crippen molar-refractivity contribution >= 4 is 5.97 Å². The second kappa shape index (κ2) is 9.56. The average molecular weight is 283 g/mol. The molecule has 4 heteroatoms. The van der Waals surface area contributed by atoms with E-state index in [1.54, 1.807) is 0 Å². The van der Waals surface area contributed by atoms with Crippen LogP contribution in [-0.2, 0) is 11.3 Å². The smallest absolute Gasteiger partial charge is 0.550 e. The van der Waals surface area contributed by atoms with E-state index >= 15 is 0 Å². The number of hydrogen-bond acceptors (Lipinski definition) is 3. The zero-order valence-corrected chi connectivity index (χ0v) is 14.3. The largest absolute Gasteiger partial charge is 1.00 e. The van der Waals surface area contributed by atoms with E-state index in [2.05, 4.69) is 17.4 Å². The van der Waals surface area contributed by atoms with Gasteiger partial charge in [-0.15, -0.1) is 0 Å². The minimum absolute atomic E-state index is 0. The van der Waals surface area contributed by atoms with E-state index in [-0.39, 0.29) is 35.5 Å². The van der Waals surface area contributed by atoms with E-state index in [9.17, 15) is 9.90 Å². The molecule has 2 rings (SSSR count). The van der Waals surface area contributed by atoms with Crippen LogP contribution in [0.4, 0.5) is 0 Å². The summed E-state index contributed by atoms with van der Waals surface area (Å²) in [6.45, 7) is 1.73. The maximum absolute atomic E-state index is 11.1. The van der Waals surface area contributed by atoms with E-state index < -0.39 is 5.97 Å². The second-order valence-electron chi connectivity index (χ2n) is 5.42. The van der Waals surface area contributed by atoms with Crippen LogP contribution in [0, 0.1) is 11.8 Å². The first kappa shape index (κ1) is 17.7. The summed E-state index contributed by atoms with van der Waals surface area (Å²) >= 11 is 0. The molecule has 0 bridgehead atoms. The molecule has 1 N–H and O–H groups in total. The van der Waals surface area contributed by atoms with Crippen LogP contribution in [0.1, 0.15) is 37.7 Å². The minimum atomic E-state index is -0.854. The van der Waals surface area contributed by atoms with Gasteiger partial charge >= 0.3 is 29.6 Å². The molecule has 1 aliphatic carbocycles. The van der Waals surface area contributed by atoms with Gasteiger partial charge in [-0.25, -0.2) is 0 Å². The summed E-state index contributed by atoms with van der Waals surface area (Å²) in [5, 5.41) is 14.5. The number of nitrogens with one attached hydrogen (secondary N) is 1. The molecule has 1 fully saturated rings. The molecule has 1 saturated carbocycles. The SMILES string of the molecule is O=C([O-])C1CCCCC1CCNCc1ccccc1.[Na+]. The molecule has 2 unspecified atom stereocenters. The van der Waals surface area contributed by atoms with Crippen molar-refractivity contribution in [3.63, 3.8) is 0 Å². The number of aliphatic carboxylic acids is 1. The van der Waals surface area contributed by atoms with Crippen LogP contribution in [0.2, 0.25) is 0 Å². The van der Waals surface area contributed by atoms with Crippen molar-refractivity contribution in [1.29, 1.82) is 0 Å². The third-order valence-electron chi connectivity index (χ3n) is 4.08. The van der Waals surface area contributed by atoms with Gasteiger partial charge in [-0.05, 0) is 37.3 Å². The van der Waals surface area contributed by atoms with E-state index in [0.29, 0.717) is 5.92 Å². The average Bonchev–Trinajstić information content (AvgIpc) is 2.45. The first-order valence-electron chi connectivity index (χ1n) is 7.23. The third kappa shape index (κ3) is 5.57. The molecule has 0 radical (unpaired) electrons. The standard InChI is InChI=1S/C16H23NO2.Na/c18-16(19)15-9-5-4-8-14(15)10-11-17-12-13-6-2-1-3-7-13;/h1-3,6-7,14-15,17H,4-5,8-12H2,(H,18,19);/q;+1/p-1. The predicted molar refractivity (Wildman–Crippen MR) is 73.2 cm³/mol. The van der Waals surface area contributed by atoms with Gasteiger partial charge in [0.2, 0.25) is 0 Å². The summed E-state index contributed by atoms with van der Waals surface area (Å²) in [6, 6.07) is 10.3. The number of hydrogen-bond donors (Lipinski definition) is 1. The van der Waals surface area contributed by atoms with Crippen LogP contribution in [0.25, 0.3) is 0 Å². The molecule has 0 spiro atoms. The Morgan fingerprint density at radius 1 is 1.20 bits per heavy atom. The summed E-state index contributed by atoms with van der Waals surface area (Å²) in [5.74, 6) is -0.790. The van der Waals surface area contributed by atoms with E-state index in [1.165, 1.54) is 5.56 Å². The Morgan fingerprint density at radius 3 is 2.60 bits per heavy atom. The molecule has 0 heterocycles. The Hall–Kier alpha value is -0.350. The van der Waals surface area contributed by atoms with E-state index in [4.69, 9.17) is 0 Å². The Kier molecular flexibility index (Phi) is 8.46. The maximum Gasteiger partial charge on any atom is 1.00 e. The van der Waals surface area contributed by atoms with Gasteiger partial charge in [-0.1, -0.05) is 43.2 Å². The van der Waals surface area contributed by atoms with Gasteiger partial charge in [0, 0.05) is 18.4 Å². The molecule has 0 aliphatic heterocycles. The van der Waals surface area contributed by atoms with Gasteiger partial charge in [0.15, 0.2) is 0 Å². The molecular formula is C16H22NNaO2. The molecule has 2 atom stereocenters. The van der Waals surface area contributed by atoms with Crippen LogP contribution < -0.4 is 40.0 Å². The molecule has 104 valence electrons. The van der Waals surface area contributed by atoms with Crippen molar-refractivity contribution in [2.45, 2.75) is 38.6 Å². The molecule has 1 aromatic carbocycles. The van der Waals surface area contributed by atoms with Crippen molar-refractivity contribution in [3.05, 3.63) is 35.9 Å². The predicted octanol–water partition coefficient (Wildman–Crippen LogP) is -1.27. The fourth-order valence-electron chi connectivity index (χ4n) is 2.98. The molecular weight excluding hydrogens is 261 g/mol. The first-order chi connectivity index (χ1) is 9.27. The summed E-state index contributed by atoms with van der Waals surface area (Å²) in [5.41, 5.74) is 1.27. The Morgan fingerprint density at radius 2 is 1.90 bits per heavy atom. The van der Waals surface area contributed by atoms with Crippen molar-refractivity contribution < 1.29 is 39.5 Å². The normalized spacial score (nSPS) is 22.0. The molecule has 1 aliphatic rings. The number of benzene rings is 1. The fourth-order valence-corrected chi connectivity index (χ4v) is 2.98. The maximum atomic E-state index is 11.1. The quantitative estimate of drug-likeness (QED) is 0.523. The Balaban J connectivity index is 0.00000200. The third-order valence-corrected chi connectivity index (χ3v) is 4.08. The number of carboxylic acids is 1. The zero-order chi connectivity index (χ0) is 13.5. The first-order valence-corrected chi connectivity index (χ1v) is 7.23. The fraction of sp³-hybridized carbons (Fsp3) is 0.562. The van der Waals surface area contributed by atoms with E-state index in [0.717, 1.165) is 45.2 Å². The molecule has 20 heavy (non-hydrogen) atoms. The summed E-state index contributed by atoms with van der Waals surface area (Å²) in [7, 11) is 0. The van der Waals surface area contributed by atoms with Crippen molar-refractivity contribution in [2.75, 3.05) is 6.54 Å². The van der Waals surface area contributed by atoms with Gasteiger partial charge in [0.25, 0.3) is 0 Å². The number of carbonyl (C=O) groups is 1. The zero-order valence-electron chi connectivity index (χ0n) is 12.3. The van der Waals surface area contributed by atoms with Crippen LogP contribution in [0.15, 0.2) is 30.3 Å². The van der Waals surface area contributed by atoms with E-state index in [1.807, 2.05) is 18.2 Å². The monoisotopic (exact) mass is 283 g/mol. The van der Waals surface area contributed by atoms with Crippen LogP contribution in [-0.4, -0.2) is 12.5 Å². The van der Waals surface area contributed by atoms with Crippen LogP contribution >= 0.6 is 0 Å². The molecule has 0 amide bonds. The van der Waals surface area contributed by atoms with Gasteiger partial charge < -0.3 is 15.2 Å². The van der Waals surface area contributed by atoms with Crippen molar-refractivity contribution in [2.24, 2.45) is 11.8 Å². The van der Waals surface area contributed by atoms with Gasteiger partial charge in [-0.2, -0.15) is 0 Å². The Labute approximate surface area is 143 Å². The molecule has 1 aromatic rings. The summed E-state index contributed by atoms with van der Waals surface area (Å²) < 4.78 is 0. The minimum Gasteiger partial charge on any atom is -0.550 e. The number of carbonyl (C=O) groups excluding carboxylic acids is 1. The van der Waals surface area contributed by atoms with Crippen LogP contribution in [0.5, 0.6) is 0 Å².